The first-order chi connectivity index (χ1) is 7.15. The summed E-state index contributed by atoms with van der Waals surface area (Å²) in [4.78, 5) is 0. The van der Waals surface area contributed by atoms with Crippen molar-refractivity contribution in [2.45, 2.75) is 52.6 Å². The van der Waals surface area contributed by atoms with E-state index in [0.29, 0.717) is 12.0 Å². The number of hydrogen-bond donors (Lipinski definition) is 1. The van der Waals surface area contributed by atoms with Crippen LogP contribution in [0.5, 0.6) is 0 Å². The lowest BCUT2D eigenvalue weighted by molar-refractivity contribution is 0.407. The van der Waals surface area contributed by atoms with Crippen LogP contribution < -0.4 is 5.32 Å². The third-order valence-electron chi connectivity index (χ3n) is 3.85. The van der Waals surface area contributed by atoms with Gasteiger partial charge in [-0.15, -0.1) is 0 Å². The molecule has 1 nitrogen and oxygen atoms in total. The Labute approximate surface area is 92.9 Å². The van der Waals surface area contributed by atoms with Crippen LogP contribution in [0.15, 0.2) is 12.1 Å². The zero-order chi connectivity index (χ0) is 11.0. The van der Waals surface area contributed by atoms with Gasteiger partial charge in [-0.1, -0.05) is 26.0 Å². The first-order valence-electron chi connectivity index (χ1n) is 5.97. The summed E-state index contributed by atoms with van der Waals surface area (Å²) in [7, 11) is 0. The highest BCUT2D eigenvalue weighted by Gasteiger charge is 2.26. The van der Waals surface area contributed by atoms with Crippen molar-refractivity contribution in [1.82, 2.24) is 5.32 Å². The van der Waals surface area contributed by atoms with Gasteiger partial charge in [0.1, 0.15) is 0 Å². The maximum absolute atomic E-state index is 3.64. The maximum Gasteiger partial charge on any atom is 0.0213 e. The van der Waals surface area contributed by atoms with Gasteiger partial charge >= 0.3 is 0 Å². The molecule has 1 aromatic rings. The lowest BCUT2D eigenvalue weighted by Crippen LogP contribution is -2.38. The lowest BCUT2D eigenvalue weighted by atomic mass is 9.81. The molecule has 0 fully saturated rings. The van der Waals surface area contributed by atoms with Crippen molar-refractivity contribution >= 4 is 0 Å². The van der Waals surface area contributed by atoms with Crippen LogP contribution in [0.4, 0.5) is 0 Å². The molecule has 2 atom stereocenters. The van der Waals surface area contributed by atoms with E-state index in [0.717, 1.165) is 6.54 Å². The van der Waals surface area contributed by atoms with E-state index in [9.17, 15) is 0 Å². The van der Waals surface area contributed by atoms with Gasteiger partial charge in [0.25, 0.3) is 0 Å². The van der Waals surface area contributed by atoms with Crippen LogP contribution >= 0.6 is 0 Å². The van der Waals surface area contributed by atoms with Crippen molar-refractivity contribution in [3.63, 3.8) is 0 Å². The summed E-state index contributed by atoms with van der Waals surface area (Å²) in [5.41, 5.74) is 6.03. The molecular weight excluding hydrogens is 182 g/mol. The van der Waals surface area contributed by atoms with E-state index in [1.54, 1.807) is 5.56 Å². The molecule has 1 N–H and O–H groups in total. The molecule has 0 saturated carbocycles. The van der Waals surface area contributed by atoms with Crippen LogP contribution in [-0.2, 0) is 6.54 Å². The van der Waals surface area contributed by atoms with Gasteiger partial charge in [-0.3, -0.25) is 0 Å². The molecule has 1 aliphatic heterocycles. The third kappa shape index (κ3) is 1.69. The summed E-state index contributed by atoms with van der Waals surface area (Å²) in [5.74, 6) is 0.652. The molecule has 1 heteroatoms. The lowest BCUT2D eigenvalue weighted by Gasteiger charge is -2.34. The molecule has 2 unspecified atom stereocenters. The summed E-state index contributed by atoms with van der Waals surface area (Å²) in [6.07, 6.45) is 1.22. The third-order valence-corrected chi connectivity index (χ3v) is 3.85. The first-order valence-corrected chi connectivity index (χ1v) is 5.97. The quantitative estimate of drug-likeness (QED) is 0.738. The number of rotatable bonds is 1. The summed E-state index contributed by atoms with van der Waals surface area (Å²) in [6.45, 7) is 10.1. The number of benzene rings is 1. The van der Waals surface area contributed by atoms with Gasteiger partial charge in [0, 0.05) is 12.6 Å². The van der Waals surface area contributed by atoms with Crippen LogP contribution in [-0.4, -0.2) is 6.04 Å². The summed E-state index contributed by atoms with van der Waals surface area (Å²) < 4.78 is 0. The van der Waals surface area contributed by atoms with E-state index in [1.807, 2.05) is 0 Å². The van der Waals surface area contributed by atoms with Gasteiger partial charge in [0.2, 0.25) is 0 Å². The van der Waals surface area contributed by atoms with Gasteiger partial charge in [-0.25, -0.2) is 0 Å². The molecule has 0 bridgehead atoms. The van der Waals surface area contributed by atoms with Crippen LogP contribution in [0.1, 0.15) is 48.4 Å². The van der Waals surface area contributed by atoms with Crippen LogP contribution in [0.3, 0.4) is 0 Å². The topological polar surface area (TPSA) is 12.0 Å². The van der Waals surface area contributed by atoms with Gasteiger partial charge in [-0.05, 0) is 48.4 Å². The molecule has 82 valence electrons. The molecule has 1 aliphatic rings. The van der Waals surface area contributed by atoms with Crippen LogP contribution in [0, 0.1) is 13.8 Å². The van der Waals surface area contributed by atoms with E-state index in [-0.39, 0.29) is 0 Å². The van der Waals surface area contributed by atoms with Gasteiger partial charge in [0.15, 0.2) is 0 Å². The monoisotopic (exact) mass is 203 g/mol. The Morgan fingerprint density at radius 2 is 1.93 bits per heavy atom. The van der Waals surface area contributed by atoms with Crippen molar-refractivity contribution in [3.8, 4) is 0 Å². The summed E-state index contributed by atoms with van der Waals surface area (Å²) in [6, 6.07) is 5.16. The van der Waals surface area contributed by atoms with E-state index < -0.39 is 0 Å². The minimum absolute atomic E-state index is 0.651. The highest BCUT2D eigenvalue weighted by atomic mass is 14.9. The van der Waals surface area contributed by atoms with Crippen molar-refractivity contribution in [1.29, 1.82) is 0 Å². The molecule has 0 radical (unpaired) electrons. The number of hydrogen-bond acceptors (Lipinski definition) is 1. The second-order valence-corrected chi connectivity index (χ2v) is 4.78. The van der Waals surface area contributed by atoms with E-state index in [4.69, 9.17) is 0 Å². The molecule has 2 rings (SSSR count). The van der Waals surface area contributed by atoms with Crippen molar-refractivity contribution in [2.75, 3.05) is 0 Å². The Morgan fingerprint density at radius 3 is 2.60 bits per heavy atom. The predicted octanol–water partition coefficient (Wildman–Crippen LogP) is 3.29. The standard InChI is InChI=1S/C14H21N/c1-5-13-11(4)14-10(3)7-6-9(2)12(14)8-15-13/h6-7,11,13,15H,5,8H2,1-4H3. The molecule has 1 aromatic carbocycles. The molecule has 0 amide bonds. The molecule has 1 heterocycles. The molecular formula is C14H21N. The Kier molecular flexibility index (Phi) is 2.83. The Balaban J connectivity index is 2.50. The number of nitrogens with one attached hydrogen (secondary N) is 1. The minimum Gasteiger partial charge on any atom is -0.309 e. The maximum atomic E-state index is 3.64. The van der Waals surface area contributed by atoms with Crippen molar-refractivity contribution in [2.24, 2.45) is 0 Å². The second-order valence-electron chi connectivity index (χ2n) is 4.78. The fourth-order valence-corrected chi connectivity index (χ4v) is 2.87. The summed E-state index contributed by atoms with van der Waals surface area (Å²) >= 11 is 0. The van der Waals surface area contributed by atoms with Crippen LogP contribution in [0.25, 0.3) is 0 Å². The predicted molar refractivity (Wildman–Crippen MR) is 65.2 cm³/mol. The SMILES string of the molecule is CCC1NCc2c(C)ccc(C)c2C1C. The summed E-state index contributed by atoms with van der Waals surface area (Å²) in [5, 5.41) is 3.64. The molecule has 15 heavy (non-hydrogen) atoms. The minimum atomic E-state index is 0.651. The van der Waals surface area contributed by atoms with Gasteiger partial charge in [0.05, 0.1) is 0 Å². The highest BCUT2D eigenvalue weighted by molar-refractivity contribution is 5.44. The molecule has 0 spiro atoms. The Bertz CT molecular complexity index is 368. The molecule has 0 aromatic heterocycles. The Morgan fingerprint density at radius 1 is 1.27 bits per heavy atom. The fourth-order valence-electron chi connectivity index (χ4n) is 2.87. The van der Waals surface area contributed by atoms with E-state index in [1.165, 1.54) is 23.1 Å². The average molecular weight is 203 g/mol. The number of fused-ring (bicyclic) bond motifs is 1. The van der Waals surface area contributed by atoms with Crippen LogP contribution in [0.2, 0.25) is 0 Å². The van der Waals surface area contributed by atoms with E-state index in [2.05, 4.69) is 45.1 Å². The van der Waals surface area contributed by atoms with Crippen molar-refractivity contribution in [3.05, 3.63) is 34.4 Å². The smallest absolute Gasteiger partial charge is 0.0213 e. The zero-order valence-electron chi connectivity index (χ0n) is 10.2. The Hall–Kier alpha value is -0.820. The van der Waals surface area contributed by atoms with E-state index >= 15 is 0 Å². The normalized spacial score (nSPS) is 25.1. The van der Waals surface area contributed by atoms with Gasteiger partial charge < -0.3 is 5.32 Å². The zero-order valence-corrected chi connectivity index (χ0v) is 10.2. The first kappa shape index (κ1) is 10.7. The van der Waals surface area contributed by atoms with Crippen molar-refractivity contribution < 1.29 is 0 Å². The molecule has 0 saturated heterocycles. The van der Waals surface area contributed by atoms with Gasteiger partial charge in [-0.2, -0.15) is 0 Å². The average Bonchev–Trinajstić information content (AvgIpc) is 2.23. The highest BCUT2D eigenvalue weighted by Crippen LogP contribution is 2.33. The number of aryl methyl sites for hydroxylation is 2. The largest absolute Gasteiger partial charge is 0.309 e. The fraction of sp³-hybridized carbons (Fsp3) is 0.571. The molecule has 0 aliphatic carbocycles. The second kappa shape index (κ2) is 3.97.